The van der Waals surface area contributed by atoms with Gasteiger partial charge in [-0.1, -0.05) is 19.9 Å². The Hall–Kier alpha value is 0.670. The lowest BCUT2D eigenvalue weighted by Gasteiger charge is -2.40. The van der Waals surface area contributed by atoms with Crippen LogP contribution in [0.1, 0.15) is 26.7 Å². The van der Waals surface area contributed by atoms with Gasteiger partial charge in [0, 0.05) is 10.5 Å². The molecule has 2 aliphatic rings. The predicted octanol–water partition coefficient (Wildman–Crippen LogP) is 4.06. The van der Waals surface area contributed by atoms with E-state index in [0.29, 0.717) is 16.4 Å². The van der Waals surface area contributed by atoms with Crippen molar-refractivity contribution >= 4 is 35.0 Å². The molecule has 0 spiro atoms. The van der Waals surface area contributed by atoms with Crippen molar-refractivity contribution in [1.29, 1.82) is 0 Å². The number of rotatable bonds is 0. The zero-order valence-electron chi connectivity index (χ0n) is 8.54. The van der Waals surface area contributed by atoms with Gasteiger partial charge < -0.3 is 0 Å². The molecule has 0 radical (unpaired) electrons. The molecular weight excluding hydrogens is 235 g/mol. The molecule has 0 nitrogen and oxygen atoms in total. The second kappa shape index (κ2) is 4.27. The Labute approximate surface area is 100 Å². The highest BCUT2D eigenvalue weighted by Crippen LogP contribution is 2.46. The number of allylic oxidation sites excluding steroid dienone is 1. The summed E-state index contributed by atoms with van der Waals surface area (Å²) in [6.45, 7) is 4.53. The van der Waals surface area contributed by atoms with Crippen LogP contribution in [-0.4, -0.2) is 21.3 Å². The SMILES string of the molecule is CC1SC2CCC(Cl)C=C2C(Cl)C1C. The standard InChI is InChI=1S/C11H16Cl2S/c1-6-7(2)14-10-4-3-8(12)5-9(10)11(6)13/h5-8,10-11H,3-4H2,1-2H3. The van der Waals surface area contributed by atoms with E-state index in [2.05, 4.69) is 31.7 Å². The summed E-state index contributed by atoms with van der Waals surface area (Å²) in [4.78, 5) is 0. The van der Waals surface area contributed by atoms with E-state index >= 15 is 0 Å². The van der Waals surface area contributed by atoms with Gasteiger partial charge in [-0.2, -0.15) is 11.8 Å². The van der Waals surface area contributed by atoms with Crippen molar-refractivity contribution in [2.45, 2.75) is 47.9 Å². The molecule has 0 aromatic rings. The van der Waals surface area contributed by atoms with Crippen molar-refractivity contribution in [3.05, 3.63) is 11.6 Å². The van der Waals surface area contributed by atoms with E-state index in [1.165, 1.54) is 12.0 Å². The maximum Gasteiger partial charge on any atom is 0.0592 e. The minimum Gasteiger partial charge on any atom is -0.151 e. The number of alkyl halides is 2. The average Bonchev–Trinajstić information content (AvgIpc) is 2.16. The molecule has 1 saturated heterocycles. The molecule has 0 N–H and O–H groups in total. The number of hydrogen-bond donors (Lipinski definition) is 0. The molecule has 5 atom stereocenters. The Morgan fingerprint density at radius 2 is 2.00 bits per heavy atom. The molecule has 3 heteroatoms. The Balaban J connectivity index is 2.22. The maximum absolute atomic E-state index is 6.46. The summed E-state index contributed by atoms with van der Waals surface area (Å²) in [5.41, 5.74) is 1.40. The number of hydrogen-bond acceptors (Lipinski definition) is 1. The van der Waals surface area contributed by atoms with Gasteiger partial charge in [-0.25, -0.2) is 0 Å². The first kappa shape index (κ1) is 11.2. The minimum absolute atomic E-state index is 0.206. The van der Waals surface area contributed by atoms with Crippen LogP contribution in [0.4, 0.5) is 0 Å². The van der Waals surface area contributed by atoms with E-state index in [0.717, 1.165) is 6.42 Å². The molecule has 0 bridgehead atoms. The molecule has 0 aromatic heterocycles. The zero-order chi connectivity index (χ0) is 10.3. The molecule has 0 aromatic carbocycles. The fraction of sp³-hybridized carbons (Fsp3) is 0.818. The lowest BCUT2D eigenvalue weighted by atomic mass is 9.89. The first-order valence-electron chi connectivity index (χ1n) is 5.25. The summed E-state index contributed by atoms with van der Waals surface area (Å²) in [6, 6.07) is 0. The number of halogens is 2. The topological polar surface area (TPSA) is 0 Å². The Morgan fingerprint density at radius 1 is 1.29 bits per heavy atom. The quantitative estimate of drug-likeness (QED) is 0.462. The van der Waals surface area contributed by atoms with Gasteiger partial charge in [0.25, 0.3) is 0 Å². The lowest BCUT2D eigenvalue weighted by Crippen LogP contribution is -2.37. The van der Waals surface area contributed by atoms with Crippen LogP contribution < -0.4 is 0 Å². The minimum atomic E-state index is 0.206. The smallest absolute Gasteiger partial charge is 0.0592 e. The van der Waals surface area contributed by atoms with Gasteiger partial charge >= 0.3 is 0 Å². The van der Waals surface area contributed by atoms with Crippen LogP contribution in [-0.2, 0) is 0 Å². The summed E-state index contributed by atoms with van der Waals surface area (Å²) in [7, 11) is 0. The molecular formula is C11H16Cl2S. The molecule has 0 amide bonds. The van der Waals surface area contributed by atoms with E-state index < -0.39 is 0 Å². The predicted molar refractivity (Wildman–Crippen MR) is 66.6 cm³/mol. The van der Waals surface area contributed by atoms with Gasteiger partial charge in [-0.15, -0.1) is 23.2 Å². The van der Waals surface area contributed by atoms with Gasteiger partial charge in [-0.3, -0.25) is 0 Å². The van der Waals surface area contributed by atoms with Crippen LogP contribution in [0.3, 0.4) is 0 Å². The largest absolute Gasteiger partial charge is 0.151 e. The van der Waals surface area contributed by atoms with E-state index in [4.69, 9.17) is 23.2 Å². The summed E-state index contributed by atoms with van der Waals surface area (Å²) in [6.07, 6.45) is 4.50. The zero-order valence-corrected chi connectivity index (χ0v) is 10.9. The Kier molecular flexibility index (Phi) is 3.41. The summed E-state index contributed by atoms with van der Waals surface area (Å²) in [5, 5.41) is 1.73. The molecule has 5 unspecified atom stereocenters. The van der Waals surface area contributed by atoms with Crippen molar-refractivity contribution in [2.75, 3.05) is 0 Å². The Bertz CT molecular complexity index is 252. The van der Waals surface area contributed by atoms with Crippen LogP contribution >= 0.6 is 35.0 Å². The highest BCUT2D eigenvalue weighted by atomic mass is 35.5. The van der Waals surface area contributed by atoms with Crippen LogP contribution in [0.15, 0.2) is 11.6 Å². The van der Waals surface area contributed by atoms with Gasteiger partial charge in [0.05, 0.1) is 10.8 Å². The molecule has 1 heterocycles. The third-order valence-electron chi connectivity index (χ3n) is 3.35. The van der Waals surface area contributed by atoms with Crippen LogP contribution in [0.2, 0.25) is 0 Å². The summed E-state index contributed by atoms with van der Waals surface area (Å²) < 4.78 is 0. The van der Waals surface area contributed by atoms with Crippen molar-refractivity contribution in [2.24, 2.45) is 5.92 Å². The van der Waals surface area contributed by atoms with Crippen LogP contribution in [0.25, 0.3) is 0 Å². The molecule has 1 aliphatic carbocycles. The third-order valence-corrected chi connectivity index (χ3v) is 6.04. The van der Waals surface area contributed by atoms with Crippen molar-refractivity contribution in [3.63, 3.8) is 0 Å². The molecule has 14 heavy (non-hydrogen) atoms. The van der Waals surface area contributed by atoms with E-state index in [1.807, 2.05) is 0 Å². The molecule has 2 rings (SSSR count). The summed E-state index contributed by atoms with van der Waals surface area (Å²) in [5.74, 6) is 0.561. The molecule has 1 aliphatic heterocycles. The monoisotopic (exact) mass is 250 g/mol. The van der Waals surface area contributed by atoms with Crippen LogP contribution in [0, 0.1) is 5.92 Å². The first-order chi connectivity index (χ1) is 6.59. The first-order valence-corrected chi connectivity index (χ1v) is 7.06. The number of fused-ring (bicyclic) bond motifs is 1. The van der Waals surface area contributed by atoms with Gasteiger partial charge in [0.1, 0.15) is 0 Å². The van der Waals surface area contributed by atoms with Crippen molar-refractivity contribution < 1.29 is 0 Å². The fourth-order valence-electron chi connectivity index (χ4n) is 2.22. The maximum atomic E-state index is 6.46. The van der Waals surface area contributed by atoms with Crippen LogP contribution in [0.5, 0.6) is 0 Å². The van der Waals surface area contributed by atoms with E-state index in [-0.39, 0.29) is 10.8 Å². The van der Waals surface area contributed by atoms with Gasteiger partial charge in [-0.05, 0) is 24.3 Å². The summed E-state index contributed by atoms with van der Waals surface area (Å²) >= 11 is 14.7. The van der Waals surface area contributed by atoms with E-state index in [9.17, 15) is 0 Å². The fourth-order valence-corrected chi connectivity index (χ4v) is 4.67. The van der Waals surface area contributed by atoms with Gasteiger partial charge in [0.2, 0.25) is 0 Å². The molecule has 0 saturated carbocycles. The Morgan fingerprint density at radius 3 is 2.71 bits per heavy atom. The second-order valence-electron chi connectivity index (χ2n) is 4.35. The highest BCUT2D eigenvalue weighted by molar-refractivity contribution is 8.00. The molecule has 80 valence electrons. The van der Waals surface area contributed by atoms with Gasteiger partial charge in [0.15, 0.2) is 0 Å². The van der Waals surface area contributed by atoms with Crippen molar-refractivity contribution in [1.82, 2.24) is 0 Å². The highest BCUT2D eigenvalue weighted by Gasteiger charge is 2.38. The number of thioether (sulfide) groups is 1. The normalized spacial score (nSPS) is 48.3. The second-order valence-corrected chi connectivity index (χ2v) is 6.97. The average molecular weight is 251 g/mol. The molecule has 1 fully saturated rings. The third kappa shape index (κ3) is 1.96. The van der Waals surface area contributed by atoms with Crippen molar-refractivity contribution in [3.8, 4) is 0 Å². The lowest BCUT2D eigenvalue weighted by molar-refractivity contribution is 0.530. The van der Waals surface area contributed by atoms with E-state index in [1.54, 1.807) is 0 Å².